The number of hydrogen-bond donors (Lipinski definition) is 2. The van der Waals surface area contributed by atoms with Crippen LogP contribution < -0.4 is 10.5 Å². The summed E-state index contributed by atoms with van der Waals surface area (Å²) in [7, 11) is -3.75. The first-order valence-corrected chi connectivity index (χ1v) is 7.70. The summed E-state index contributed by atoms with van der Waals surface area (Å²) in [6, 6.07) is 4.39. The molecule has 0 aliphatic rings. The van der Waals surface area contributed by atoms with E-state index < -0.39 is 10.0 Å². The van der Waals surface area contributed by atoms with E-state index in [0.717, 1.165) is 0 Å². The van der Waals surface area contributed by atoms with Crippen molar-refractivity contribution in [3.8, 4) is 0 Å². The van der Waals surface area contributed by atoms with Gasteiger partial charge in [-0.25, -0.2) is 18.5 Å². The summed E-state index contributed by atoms with van der Waals surface area (Å²) in [5, 5.41) is 9.32. The van der Waals surface area contributed by atoms with Gasteiger partial charge in [-0.2, -0.15) is 0 Å². The van der Waals surface area contributed by atoms with Crippen molar-refractivity contribution in [2.24, 2.45) is 5.14 Å². The van der Waals surface area contributed by atoms with E-state index >= 15 is 0 Å². The maximum atomic E-state index is 11.8. The van der Waals surface area contributed by atoms with E-state index in [9.17, 15) is 13.2 Å². The van der Waals surface area contributed by atoms with Gasteiger partial charge in [0.1, 0.15) is 5.69 Å². The first-order valence-electron chi connectivity index (χ1n) is 5.21. The van der Waals surface area contributed by atoms with Crippen molar-refractivity contribution in [1.82, 2.24) is 4.98 Å². The summed E-state index contributed by atoms with van der Waals surface area (Å²) in [6.45, 7) is 1.61. The maximum absolute atomic E-state index is 11.8. The molecule has 1 heterocycles. The predicted molar refractivity (Wildman–Crippen MR) is 72.6 cm³/mol. The molecule has 0 aliphatic heterocycles. The first kappa shape index (κ1) is 13.7. The quantitative estimate of drug-likeness (QED) is 0.892. The second kappa shape index (κ2) is 5.08. The molecule has 0 atom stereocenters. The molecule has 6 nitrogen and oxygen atoms in total. The van der Waals surface area contributed by atoms with E-state index in [1.807, 2.05) is 0 Å². The van der Waals surface area contributed by atoms with E-state index in [0.29, 0.717) is 16.9 Å². The Hall–Kier alpha value is -1.77. The second-order valence-corrected chi connectivity index (χ2v) is 6.10. The molecule has 1 amide bonds. The van der Waals surface area contributed by atoms with Gasteiger partial charge in [0.05, 0.1) is 10.4 Å². The number of rotatable bonds is 3. The molecule has 8 heteroatoms. The predicted octanol–water partition coefficient (Wildman–Crippen LogP) is 1.35. The molecular formula is C11H11N3O3S2. The van der Waals surface area contributed by atoms with Gasteiger partial charge >= 0.3 is 0 Å². The van der Waals surface area contributed by atoms with Gasteiger partial charge in [0.25, 0.3) is 5.91 Å². The lowest BCUT2D eigenvalue weighted by molar-refractivity contribution is 0.102. The standard InChI is InChI=1S/C11H11N3O3S2/c1-7-4-8(2-3-10(7)19(12,16)17)14-11(15)9-5-18-6-13-9/h2-6H,1H3,(H,14,15)(H2,12,16,17). The highest BCUT2D eigenvalue weighted by molar-refractivity contribution is 7.89. The molecule has 0 saturated heterocycles. The molecule has 0 aliphatic carbocycles. The largest absolute Gasteiger partial charge is 0.321 e. The number of hydrogen-bond acceptors (Lipinski definition) is 5. The Bertz CT molecular complexity index is 709. The van der Waals surface area contributed by atoms with Crippen LogP contribution >= 0.6 is 11.3 Å². The van der Waals surface area contributed by atoms with Crippen LogP contribution in [0.4, 0.5) is 5.69 Å². The van der Waals surface area contributed by atoms with Gasteiger partial charge in [-0.1, -0.05) is 0 Å². The molecule has 2 aromatic rings. The number of benzene rings is 1. The molecular weight excluding hydrogens is 286 g/mol. The van der Waals surface area contributed by atoms with E-state index in [4.69, 9.17) is 5.14 Å². The highest BCUT2D eigenvalue weighted by atomic mass is 32.2. The van der Waals surface area contributed by atoms with Crippen LogP contribution in [-0.2, 0) is 10.0 Å². The molecule has 1 aromatic heterocycles. The summed E-state index contributed by atoms with van der Waals surface area (Å²) < 4.78 is 22.5. The van der Waals surface area contributed by atoms with Crippen LogP contribution in [0.2, 0.25) is 0 Å². The van der Waals surface area contributed by atoms with E-state index in [2.05, 4.69) is 10.3 Å². The van der Waals surface area contributed by atoms with Crippen LogP contribution in [0.25, 0.3) is 0 Å². The van der Waals surface area contributed by atoms with Gasteiger partial charge in [0.15, 0.2) is 0 Å². The lowest BCUT2D eigenvalue weighted by Gasteiger charge is -2.07. The Morgan fingerprint density at radius 2 is 2.16 bits per heavy atom. The van der Waals surface area contributed by atoms with Gasteiger partial charge in [-0.15, -0.1) is 11.3 Å². The number of nitrogens with one attached hydrogen (secondary N) is 1. The van der Waals surface area contributed by atoms with Crippen LogP contribution in [0.15, 0.2) is 34.0 Å². The Morgan fingerprint density at radius 3 is 2.68 bits per heavy atom. The third-order valence-electron chi connectivity index (χ3n) is 2.40. The minimum atomic E-state index is -3.75. The minimum Gasteiger partial charge on any atom is -0.321 e. The van der Waals surface area contributed by atoms with Crippen molar-refractivity contribution in [2.45, 2.75) is 11.8 Å². The molecule has 0 saturated carbocycles. The third kappa shape index (κ3) is 3.16. The average Bonchev–Trinajstić information content (AvgIpc) is 2.80. The van der Waals surface area contributed by atoms with Gasteiger partial charge in [0, 0.05) is 11.1 Å². The number of primary sulfonamides is 1. The number of amides is 1. The monoisotopic (exact) mass is 297 g/mol. The molecule has 0 spiro atoms. The summed E-state index contributed by atoms with van der Waals surface area (Å²) in [5.41, 5.74) is 2.84. The number of thiazole rings is 1. The van der Waals surface area contributed by atoms with Crippen molar-refractivity contribution >= 4 is 33.0 Å². The first-order chi connectivity index (χ1) is 8.88. The Kier molecular flexibility index (Phi) is 3.65. The van der Waals surface area contributed by atoms with Crippen LogP contribution in [0.3, 0.4) is 0 Å². The van der Waals surface area contributed by atoms with E-state index in [-0.39, 0.29) is 10.8 Å². The number of anilines is 1. The number of nitrogens with zero attached hydrogens (tertiary/aromatic N) is 1. The van der Waals surface area contributed by atoms with E-state index in [1.54, 1.807) is 23.9 Å². The van der Waals surface area contributed by atoms with Gasteiger partial charge < -0.3 is 5.32 Å². The highest BCUT2D eigenvalue weighted by Gasteiger charge is 2.13. The number of aryl methyl sites for hydroxylation is 1. The number of aromatic nitrogens is 1. The average molecular weight is 297 g/mol. The lowest BCUT2D eigenvalue weighted by Crippen LogP contribution is -2.15. The number of nitrogens with two attached hydrogens (primary N) is 1. The highest BCUT2D eigenvalue weighted by Crippen LogP contribution is 2.19. The molecule has 19 heavy (non-hydrogen) atoms. The molecule has 1 aromatic carbocycles. The zero-order chi connectivity index (χ0) is 14.0. The Morgan fingerprint density at radius 1 is 1.42 bits per heavy atom. The van der Waals surface area contributed by atoms with Crippen LogP contribution in [-0.4, -0.2) is 19.3 Å². The molecule has 0 bridgehead atoms. The number of carbonyl (C=O) groups excluding carboxylic acids is 1. The van der Waals surface area contributed by atoms with E-state index in [1.165, 1.54) is 23.5 Å². The van der Waals surface area contributed by atoms with Crippen LogP contribution in [0.1, 0.15) is 16.1 Å². The molecule has 2 rings (SSSR count). The van der Waals surface area contributed by atoms with Gasteiger partial charge in [-0.05, 0) is 30.7 Å². The van der Waals surface area contributed by atoms with Crippen molar-refractivity contribution in [3.63, 3.8) is 0 Å². The number of sulfonamides is 1. The summed E-state index contributed by atoms with van der Waals surface area (Å²) in [4.78, 5) is 15.7. The normalized spacial score (nSPS) is 11.3. The smallest absolute Gasteiger partial charge is 0.275 e. The molecule has 0 unspecified atom stereocenters. The SMILES string of the molecule is Cc1cc(NC(=O)c2cscn2)ccc1S(N)(=O)=O. The minimum absolute atomic E-state index is 0.0409. The van der Waals surface area contributed by atoms with Crippen LogP contribution in [0, 0.1) is 6.92 Å². The molecule has 0 fully saturated rings. The summed E-state index contributed by atoms with van der Waals surface area (Å²) >= 11 is 1.32. The fourth-order valence-electron chi connectivity index (χ4n) is 1.57. The molecule has 0 radical (unpaired) electrons. The lowest BCUT2D eigenvalue weighted by atomic mass is 10.2. The fraction of sp³-hybridized carbons (Fsp3) is 0.0909. The second-order valence-electron chi connectivity index (χ2n) is 3.85. The van der Waals surface area contributed by atoms with Crippen molar-refractivity contribution in [3.05, 3.63) is 40.3 Å². The number of carbonyl (C=O) groups is 1. The van der Waals surface area contributed by atoms with Gasteiger partial charge in [-0.3, -0.25) is 4.79 Å². The molecule has 100 valence electrons. The Balaban J connectivity index is 2.24. The van der Waals surface area contributed by atoms with Gasteiger partial charge in [0.2, 0.25) is 10.0 Å². The summed E-state index contributed by atoms with van der Waals surface area (Å²) in [5.74, 6) is -0.344. The van der Waals surface area contributed by atoms with Crippen molar-refractivity contribution in [1.29, 1.82) is 0 Å². The fourth-order valence-corrected chi connectivity index (χ4v) is 2.86. The zero-order valence-corrected chi connectivity index (χ0v) is 11.6. The Labute approximate surface area is 114 Å². The van der Waals surface area contributed by atoms with Crippen LogP contribution in [0.5, 0.6) is 0 Å². The topological polar surface area (TPSA) is 102 Å². The summed E-state index contributed by atoms with van der Waals surface area (Å²) in [6.07, 6.45) is 0. The van der Waals surface area contributed by atoms with Crippen molar-refractivity contribution < 1.29 is 13.2 Å². The maximum Gasteiger partial charge on any atom is 0.275 e. The zero-order valence-electron chi connectivity index (χ0n) is 9.95. The molecule has 3 N–H and O–H groups in total. The third-order valence-corrected chi connectivity index (χ3v) is 4.06. The van der Waals surface area contributed by atoms with Crippen molar-refractivity contribution in [2.75, 3.05) is 5.32 Å².